The van der Waals surface area contributed by atoms with E-state index in [1.807, 2.05) is 30.3 Å². The zero-order chi connectivity index (χ0) is 23.7. The number of fused-ring (bicyclic) bond motifs is 1. The lowest BCUT2D eigenvalue weighted by molar-refractivity contribution is 0.485. The van der Waals surface area contributed by atoms with E-state index in [-0.39, 0.29) is 22.1 Å². The fraction of sp³-hybridized carbons (Fsp3) is 0.208. The average molecular weight is 474 g/mol. The Labute approximate surface area is 197 Å². The summed E-state index contributed by atoms with van der Waals surface area (Å²) >= 11 is 0. The number of nitrogens with one attached hydrogen (secondary N) is 2. The number of hydrogen-bond acceptors (Lipinski definition) is 8. The highest BCUT2D eigenvalue weighted by molar-refractivity contribution is 7.90. The highest BCUT2D eigenvalue weighted by Crippen LogP contribution is 2.25. The third kappa shape index (κ3) is 4.07. The maximum absolute atomic E-state index is 13.3. The topological polar surface area (TPSA) is 116 Å². The Kier molecular flexibility index (Phi) is 5.65. The van der Waals surface area contributed by atoms with E-state index in [0.717, 1.165) is 35.0 Å². The summed E-state index contributed by atoms with van der Waals surface area (Å²) in [6.07, 6.45) is 3.00. The van der Waals surface area contributed by atoms with Gasteiger partial charge in [-0.1, -0.05) is 12.1 Å². The first-order valence-electron chi connectivity index (χ1n) is 10.9. The summed E-state index contributed by atoms with van der Waals surface area (Å²) in [6, 6.07) is 18.1. The lowest BCUT2D eigenvalue weighted by atomic mass is 10.2. The number of rotatable bonds is 5. The zero-order valence-electron chi connectivity index (χ0n) is 18.5. The Hall–Kier alpha value is -3.94. The smallest absolute Gasteiger partial charge is 0.270 e. The van der Waals surface area contributed by atoms with Gasteiger partial charge in [-0.05, 0) is 49.4 Å². The molecule has 1 fully saturated rings. The SMILES string of the molecule is C[C@H]1CN(c2ccc(Nc3ncc4ccn(S(=O)(=O)c5ccccc5C#N)c4n3)cc2)CCN1. The molecule has 9 nitrogen and oxygen atoms in total. The fourth-order valence-electron chi connectivity index (χ4n) is 4.09. The van der Waals surface area contributed by atoms with Gasteiger partial charge in [-0.2, -0.15) is 10.2 Å². The van der Waals surface area contributed by atoms with E-state index in [4.69, 9.17) is 0 Å². The number of anilines is 3. The van der Waals surface area contributed by atoms with Crippen molar-refractivity contribution in [3.05, 3.63) is 72.6 Å². The third-order valence-corrected chi connectivity index (χ3v) is 7.52. The summed E-state index contributed by atoms with van der Waals surface area (Å²) in [6.45, 7) is 5.03. The Morgan fingerprint density at radius 2 is 1.94 bits per heavy atom. The van der Waals surface area contributed by atoms with Crippen molar-refractivity contribution in [2.24, 2.45) is 0 Å². The van der Waals surface area contributed by atoms with Gasteiger partial charge in [-0.15, -0.1) is 0 Å². The van der Waals surface area contributed by atoms with Crippen molar-refractivity contribution in [1.82, 2.24) is 19.3 Å². The van der Waals surface area contributed by atoms with Crippen LogP contribution in [0.25, 0.3) is 11.0 Å². The first-order valence-corrected chi connectivity index (χ1v) is 12.3. The lowest BCUT2D eigenvalue weighted by Crippen LogP contribution is -2.49. The van der Waals surface area contributed by atoms with Crippen LogP contribution in [-0.4, -0.2) is 48.0 Å². The molecule has 1 atom stereocenters. The Bertz CT molecular complexity index is 1490. The molecule has 0 amide bonds. The van der Waals surface area contributed by atoms with E-state index in [0.29, 0.717) is 11.4 Å². The highest BCUT2D eigenvalue weighted by atomic mass is 32.2. The molecule has 0 bridgehead atoms. The van der Waals surface area contributed by atoms with Crippen LogP contribution in [0.2, 0.25) is 0 Å². The van der Waals surface area contributed by atoms with Crippen molar-refractivity contribution < 1.29 is 8.42 Å². The Balaban J connectivity index is 1.43. The van der Waals surface area contributed by atoms with Crippen LogP contribution < -0.4 is 15.5 Å². The predicted molar refractivity (Wildman–Crippen MR) is 131 cm³/mol. The molecule has 3 heterocycles. The molecule has 1 aliphatic heterocycles. The first kappa shape index (κ1) is 21.9. The van der Waals surface area contributed by atoms with E-state index in [2.05, 4.69) is 32.4 Å². The largest absolute Gasteiger partial charge is 0.369 e. The number of hydrogen-bond donors (Lipinski definition) is 2. The van der Waals surface area contributed by atoms with Gasteiger partial charge < -0.3 is 15.5 Å². The van der Waals surface area contributed by atoms with Crippen LogP contribution in [0.3, 0.4) is 0 Å². The van der Waals surface area contributed by atoms with Crippen molar-refractivity contribution in [2.75, 3.05) is 29.9 Å². The number of benzene rings is 2. The maximum Gasteiger partial charge on any atom is 0.270 e. The van der Waals surface area contributed by atoms with Crippen molar-refractivity contribution in [3.63, 3.8) is 0 Å². The minimum atomic E-state index is -4.01. The summed E-state index contributed by atoms with van der Waals surface area (Å²) in [5, 5.41) is 16.5. The average Bonchev–Trinajstić information content (AvgIpc) is 3.29. The minimum absolute atomic E-state index is 0.0686. The molecular weight excluding hydrogens is 450 g/mol. The molecule has 2 N–H and O–H groups in total. The van der Waals surface area contributed by atoms with Crippen molar-refractivity contribution in [1.29, 1.82) is 5.26 Å². The highest BCUT2D eigenvalue weighted by Gasteiger charge is 2.23. The molecule has 2 aromatic heterocycles. The van der Waals surface area contributed by atoms with Crippen LogP contribution in [0, 0.1) is 11.3 Å². The Morgan fingerprint density at radius 3 is 2.71 bits per heavy atom. The van der Waals surface area contributed by atoms with E-state index in [1.54, 1.807) is 24.4 Å². The van der Waals surface area contributed by atoms with E-state index >= 15 is 0 Å². The van der Waals surface area contributed by atoms with Crippen LogP contribution in [-0.2, 0) is 10.0 Å². The fourth-order valence-corrected chi connectivity index (χ4v) is 5.54. The van der Waals surface area contributed by atoms with Gasteiger partial charge in [0.25, 0.3) is 10.0 Å². The second kappa shape index (κ2) is 8.78. The first-order chi connectivity index (χ1) is 16.5. The molecular formula is C24H23N7O2S. The van der Waals surface area contributed by atoms with E-state index in [9.17, 15) is 13.7 Å². The molecule has 0 saturated carbocycles. The number of nitriles is 1. The van der Waals surface area contributed by atoms with Gasteiger partial charge in [0, 0.05) is 54.8 Å². The van der Waals surface area contributed by atoms with E-state index < -0.39 is 10.0 Å². The molecule has 1 saturated heterocycles. The summed E-state index contributed by atoms with van der Waals surface area (Å²) in [7, 11) is -4.01. The molecule has 0 aliphatic carbocycles. The number of nitrogens with zero attached hydrogens (tertiary/aromatic N) is 5. The van der Waals surface area contributed by atoms with E-state index in [1.165, 1.54) is 18.3 Å². The zero-order valence-corrected chi connectivity index (χ0v) is 19.3. The van der Waals surface area contributed by atoms with Crippen LogP contribution in [0.15, 0.2) is 71.9 Å². The molecule has 0 unspecified atom stereocenters. The molecule has 4 aromatic rings. The second-order valence-electron chi connectivity index (χ2n) is 8.17. The molecule has 5 rings (SSSR count). The van der Waals surface area contributed by atoms with Crippen LogP contribution in [0.1, 0.15) is 12.5 Å². The summed E-state index contributed by atoms with van der Waals surface area (Å²) in [5.41, 5.74) is 2.25. The molecule has 0 spiro atoms. The second-order valence-corrected chi connectivity index (χ2v) is 9.95. The van der Waals surface area contributed by atoms with Gasteiger partial charge >= 0.3 is 0 Å². The van der Waals surface area contributed by atoms with Crippen molar-refractivity contribution >= 4 is 38.4 Å². The van der Waals surface area contributed by atoms with Gasteiger partial charge in [0.2, 0.25) is 5.95 Å². The van der Waals surface area contributed by atoms with Crippen molar-refractivity contribution in [2.45, 2.75) is 17.9 Å². The Morgan fingerprint density at radius 1 is 1.15 bits per heavy atom. The molecule has 0 radical (unpaired) electrons. The molecule has 1 aliphatic rings. The van der Waals surface area contributed by atoms with Crippen LogP contribution >= 0.6 is 0 Å². The summed E-state index contributed by atoms with van der Waals surface area (Å²) < 4.78 is 27.7. The lowest BCUT2D eigenvalue weighted by Gasteiger charge is -2.33. The molecule has 2 aromatic carbocycles. The normalized spacial score (nSPS) is 16.4. The van der Waals surface area contributed by atoms with Gasteiger partial charge in [0.15, 0.2) is 5.65 Å². The van der Waals surface area contributed by atoms with Gasteiger partial charge in [0.1, 0.15) is 11.0 Å². The van der Waals surface area contributed by atoms with Crippen LogP contribution in [0.5, 0.6) is 0 Å². The minimum Gasteiger partial charge on any atom is -0.369 e. The molecule has 10 heteroatoms. The summed E-state index contributed by atoms with van der Waals surface area (Å²) in [5.74, 6) is 0.278. The molecule has 172 valence electrons. The van der Waals surface area contributed by atoms with Crippen molar-refractivity contribution in [3.8, 4) is 6.07 Å². The molecule has 34 heavy (non-hydrogen) atoms. The quantitative estimate of drug-likeness (QED) is 0.454. The number of aromatic nitrogens is 3. The number of piperazine rings is 1. The monoisotopic (exact) mass is 473 g/mol. The van der Waals surface area contributed by atoms with Gasteiger partial charge in [-0.25, -0.2) is 17.4 Å². The maximum atomic E-state index is 13.3. The third-order valence-electron chi connectivity index (χ3n) is 5.80. The standard InChI is InChI=1S/C24H23N7O2S/c1-17-16-30(13-11-26-17)21-8-6-20(7-9-21)28-24-27-15-19-10-12-31(23(19)29-24)34(32,33)22-5-3-2-4-18(22)14-25/h2-10,12,15,17,26H,11,13,16H2,1H3,(H,27,28,29)/t17-/m0/s1. The summed E-state index contributed by atoms with van der Waals surface area (Å²) in [4.78, 5) is 11.1. The van der Waals surface area contributed by atoms with Gasteiger partial charge in [-0.3, -0.25) is 0 Å². The van der Waals surface area contributed by atoms with Gasteiger partial charge in [0.05, 0.1) is 5.56 Å². The predicted octanol–water partition coefficient (Wildman–Crippen LogP) is 3.08. The van der Waals surface area contributed by atoms with Crippen LogP contribution in [0.4, 0.5) is 17.3 Å².